The highest BCUT2D eigenvalue weighted by atomic mass is 16.5. The molecule has 1 aromatic carbocycles. The lowest BCUT2D eigenvalue weighted by atomic mass is 9.77. The summed E-state index contributed by atoms with van der Waals surface area (Å²) in [6.45, 7) is 3.23. The van der Waals surface area contributed by atoms with E-state index in [1.165, 1.54) is 21.1 Å². The van der Waals surface area contributed by atoms with Crippen LogP contribution in [0.1, 0.15) is 32.3 Å². The molecule has 23 heavy (non-hydrogen) atoms. The monoisotopic (exact) mass is 319 g/mol. The maximum atomic E-state index is 12.4. The number of esters is 1. The summed E-state index contributed by atoms with van der Waals surface area (Å²) in [7, 11) is 2.96. The van der Waals surface area contributed by atoms with Crippen molar-refractivity contribution in [3.8, 4) is 17.6 Å². The fourth-order valence-electron chi connectivity index (χ4n) is 2.25. The number of ketones is 1. The number of hydrogen-bond donors (Lipinski definition) is 0. The van der Waals surface area contributed by atoms with Gasteiger partial charge in [-0.25, -0.2) is 4.79 Å². The molecule has 0 aliphatic rings. The SMILES string of the molecule is CCOC(=O)[C@@](C#N)(CCC(C)=O)c1ccc(OC)c(OC)c1. The maximum absolute atomic E-state index is 12.4. The molecule has 1 aromatic rings. The highest BCUT2D eigenvalue weighted by Crippen LogP contribution is 2.36. The van der Waals surface area contributed by atoms with Gasteiger partial charge in [0.2, 0.25) is 0 Å². The average molecular weight is 319 g/mol. The summed E-state index contributed by atoms with van der Waals surface area (Å²) in [6.07, 6.45) is 0.147. The number of rotatable bonds is 8. The molecule has 0 aliphatic carbocycles. The molecule has 6 nitrogen and oxygen atoms in total. The zero-order valence-corrected chi connectivity index (χ0v) is 13.8. The minimum absolute atomic E-state index is 0.0488. The van der Waals surface area contributed by atoms with Crippen molar-refractivity contribution in [2.45, 2.75) is 32.1 Å². The number of methoxy groups -OCH3 is 2. The third kappa shape index (κ3) is 4.01. The predicted molar refractivity (Wildman–Crippen MR) is 83.4 cm³/mol. The van der Waals surface area contributed by atoms with E-state index in [0.29, 0.717) is 17.1 Å². The van der Waals surface area contributed by atoms with Crippen LogP contribution in [0.3, 0.4) is 0 Å². The van der Waals surface area contributed by atoms with Crippen LogP contribution >= 0.6 is 0 Å². The van der Waals surface area contributed by atoms with E-state index in [0.717, 1.165) is 0 Å². The maximum Gasteiger partial charge on any atom is 0.331 e. The van der Waals surface area contributed by atoms with Gasteiger partial charge >= 0.3 is 5.97 Å². The third-order valence-electron chi connectivity index (χ3n) is 3.54. The Kier molecular flexibility index (Phi) is 6.58. The van der Waals surface area contributed by atoms with Crippen molar-refractivity contribution in [2.24, 2.45) is 0 Å². The molecule has 124 valence electrons. The van der Waals surface area contributed by atoms with E-state index in [1.54, 1.807) is 25.1 Å². The highest BCUT2D eigenvalue weighted by molar-refractivity contribution is 5.88. The van der Waals surface area contributed by atoms with E-state index in [2.05, 4.69) is 0 Å². The molecule has 0 N–H and O–H groups in total. The largest absolute Gasteiger partial charge is 0.493 e. The van der Waals surface area contributed by atoms with E-state index < -0.39 is 11.4 Å². The lowest BCUT2D eigenvalue weighted by Gasteiger charge is -2.25. The highest BCUT2D eigenvalue weighted by Gasteiger charge is 2.42. The zero-order chi connectivity index (χ0) is 17.5. The summed E-state index contributed by atoms with van der Waals surface area (Å²) >= 11 is 0. The van der Waals surface area contributed by atoms with Crippen LogP contribution < -0.4 is 9.47 Å². The minimum Gasteiger partial charge on any atom is -0.493 e. The van der Waals surface area contributed by atoms with Gasteiger partial charge in [-0.1, -0.05) is 6.07 Å². The molecule has 0 fully saturated rings. The zero-order valence-electron chi connectivity index (χ0n) is 13.8. The number of carbonyl (C=O) groups excluding carboxylic acids is 2. The van der Waals surface area contributed by atoms with Gasteiger partial charge in [0, 0.05) is 6.42 Å². The van der Waals surface area contributed by atoms with Crippen molar-refractivity contribution < 1.29 is 23.8 Å². The molecule has 0 amide bonds. The van der Waals surface area contributed by atoms with Crippen molar-refractivity contribution >= 4 is 11.8 Å². The predicted octanol–water partition coefficient (Wildman–Crippen LogP) is 2.40. The number of benzene rings is 1. The molecule has 0 saturated carbocycles. The molecule has 0 spiro atoms. The molecule has 0 aliphatic heterocycles. The summed E-state index contributed by atoms with van der Waals surface area (Å²) < 4.78 is 15.5. The Morgan fingerprint density at radius 3 is 2.35 bits per heavy atom. The first-order chi connectivity index (χ1) is 10.9. The van der Waals surface area contributed by atoms with Crippen LogP contribution in [-0.2, 0) is 19.7 Å². The Bertz CT molecular complexity index is 620. The fraction of sp³-hybridized carbons (Fsp3) is 0.471. The summed E-state index contributed by atoms with van der Waals surface area (Å²) in [5, 5.41) is 9.70. The Balaban J connectivity index is 3.40. The van der Waals surface area contributed by atoms with Gasteiger partial charge in [-0.3, -0.25) is 0 Å². The van der Waals surface area contributed by atoms with Crippen LogP contribution in [0.4, 0.5) is 0 Å². The van der Waals surface area contributed by atoms with Gasteiger partial charge in [-0.05, 0) is 38.0 Å². The summed E-state index contributed by atoms with van der Waals surface area (Å²) in [4.78, 5) is 23.8. The van der Waals surface area contributed by atoms with E-state index in [-0.39, 0.29) is 25.2 Å². The fourth-order valence-corrected chi connectivity index (χ4v) is 2.25. The Labute approximate surface area is 136 Å². The van der Waals surface area contributed by atoms with E-state index in [4.69, 9.17) is 14.2 Å². The summed E-state index contributed by atoms with van der Waals surface area (Å²) in [5.41, 5.74) is -1.14. The number of ether oxygens (including phenoxy) is 3. The van der Waals surface area contributed by atoms with Crippen molar-refractivity contribution in [3.63, 3.8) is 0 Å². The molecular formula is C17H21NO5. The first kappa shape index (κ1) is 18.5. The molecule has 0 bridgehead atoms. The smallest absolute Gasteiger partial charge is 0.331 e. The molecule has 0 radical (unpaired) electrons. The standard InChI is InChI=1S/C17H21NO5/c1-5-23-16(20)17(11-18,9-8-12(2)19)13-6-7-14(21-3)15(10-13)22-4/h6-7,10H,5,8-9H2,1-4H3/t17-/m1/s1. The van der Waals surface area contributed by atoms with Crippen molar-refractivity contribution in [1.29, 1.82) is 5.26 Å². The second-order valence-corrected chi connectivity index (χ2v) is 5.01. The van der Waals surface area contributed by atoms with Gasteiger partial charge in [0.05, 0.1) is 26.9 Å². The van der Waals surface area contributed by atoms with Gasteiger partial charge < -0.3 is 19.0 Å². The molecule has 1 rings (SSSR count). The normalized spacial score (nSPS) is 12.7. The Hall–Kier alpha value is -2.55. The van der Waals surface area contributed by atoms with Gasteiger partial charge in [0.15, 0.2) is 16.9 Å². The second kappa shape index (κ2) is 8.18. The van der Waals surface area contributed by atoms with Crippen molar-refractivity contribution in [2.75, 3.05) is 20.8 Å². The lowest BCUT2D eigenvalue weighted by Crippen LogP contribution is -2.36. The topological polar surface area (TPSA) is 85.6 Å². The third-order valence-corrected chi connectivity index (χ3v) is 3.54. The molecule has 0 saturated heterocycles. The average Bonchev–Trinajstić information content (AvgIpc) is 2.55. The molecule has 6 heteroatoms. The van der Waals surface area contributed by atoms with Gasteiger partial charge in [0.1, 0.15) is 5.78 Å². The Morgan fingerprint density at radius 2 is 1.87 bits per heavy atom. The van der Waals surface area contributed by atoms with Gasteiger partial charge in [-0.2, -0.15) is 5.26 Å². The summed E-state index contributed by atoms with van der Waals surface area (Å²) in [5.74, 6) is 0.112. The van der Waals surface area contributed by atoms with Gasteiger partial charge in [0.25, 0.3) is 0 Å². The molecule has 0 unspecified atom stereocenters. The van der Waals surface area contributed by atoms with Gasteiger partial charge in [-0.15, -0.1) is 0 Å². The molecular weight excluding hydrogens is 298 g/mol. The van der Waals surface area contributed by atoms with Crippen molar-refractivity contribution in [3.05, 3.63) is 23.8 Å². The van der Waals surface area contributed by atoms with Crippen LogP contribution in [0.15, 0.2) is 18.2 Å². The van der Waals surface area contributed by atoms with Crippen LogP contribution in [0.5, 0.6) is 11.5 Å². The van der Waals surface area contributed by atoms with E-state index in [9.17, 15) is 14.9 Å². The number of nitrogens with zero attached hydrogens (tertiary/aromatic N) is 1. The van der Waals surface area contributed by atoms with Crippen LogP contribution in [-0.4, -0.2) is 32.6 Å². The number of hydrogen-bond acceptors (Lipinski definition) is 6. The van der Waals surface area contributed by atoms with Crippen LogP contribution in [0, 0.1) is 11.3 Å². The number of Topliss-reactive ketones (excluding diaryl/α,β-unsaturated/α-hetero) is 1. The number of nitriles is 1. The molecule has 0 aromatic heterocycles. The minimum atomic E-state index is -1.55. The molecule has 0 heterocycles. The summed E-state index contributed by atoms with van der Waals surface area (Å²) in [6, 6.07) is 6.84. The van der Waals surface area contributed by atoms with E-state index in [1.807, 2.05) is 6.07 Å². The first-order valence-corrected chi connectivity index (χ1v) is 7.25. The lowest BCUT2D eigenvalue weighted by molar-refractivity contribution is -0.148. The number of carbonyl (C=O) groups is 2. The van der Waals surface area contributed by atoms with Crippen LogP contribution in [0.25, 0.3) is 0 Å². The van der Waals surface area contributed by atoms with E-state index >= 15 is 0 Å². The second-order valence-electron chi connectivity index (χ2n) is 5.01. The first-order valence-electron chi connectivity index (χ1n) is 7.25. The molecule has 1 atom stereocenters. The van der Waals surface area contributed by atoms with Crippen molar-refractivity contribution in [1.82, 2.24) is 0 Å². The quantitative estimate of drug-likeness (QED) is 0.684. The Morgan fingerprint density at radius 1 is 1.22 bits per heavy atom. The van der Waals surface area contributed by atoms with Crippen LogP contribution in [0.2, 0.25) is 0 Å².